The van der Waals surface area contributed by atoms with Gasteiger partial charge in [-0.2, -0.15) is 8.42 Å². The maximum Gasteiger partial charge on any atom is 0.266 e. The van der Waals surface area contributed by atoms with Crippen molar-refractivity contribution >= 4 is 10.1 Å². The van der Waals surface area contributed by atoms with E-state index in [0.717, 1.165) is 0 Å². The van der Waals surface area contributed by atoms with Gasteiger partial charge in [-0.3, -0.25) is 4.55 Å². The molecule has 0 bridgehead atoms. The van der Waals surface area contributed by atoms with Crippen molar-refractivity contribution in [2.45, 2.75) is 0 Å². The lowest BCUT2D eigenvalue weighted by molar-refractivity contribution is 0.483. The Hall–Kier alpha value is -0.130. The lowest BCUT2D eigenvalue weighted by Crippen LogP contribution is -2.13. The summed E-state index contributed by atoms with van der Waals surface area (Å²) < 4.78 is 27.3. The molecule has 0 saturated heterocycles. The van der Waals surface area contributed by atoms with Crippen LogP contribution in [0.5, 0.6) is 0 Å². The number of hydrogen-bond donors (Lipinski definition) is 2. The van der Waals surface area contributed by atoms with Gasteiger partial charge in [-0.15, -0.1) is 0 Å². The van der Waals surface area contributed by atoms with E-state index < -0.39 is 10.1 Å². The number of rotatable bonds is 2. The van der Waals surface area contributed by atoms with Gasteiger partial charge in [0.05, 0.1) is 5.75 Å². The van der Waals surface area contributed by atoms with Crippen molar-refractivity contribution in [3.63, 3.8) is 0 Å². The molecule has 0 fully saturated rings. The van der Waals surface area contributed by atoms with Crippen molar-refractivity contribution in [1.29, 1.82) is 0 Å². The zero-order chi connectivity index (χ0) is 5.91. The van der Waals surface area contributed by atoms with Crippen molar-refractivity contribution < 1.29 is 13.0 Å². The summed E-state index contributed by atoms with van der Waals surface area (Å²) >= 11 is 0. The summed E-state index contributed by atoms with van der Waals surface area (Å²) in [6, 6.07) is 0. The molecule has 5 heteroatoms. The van der Waals surface area contributed by atoms with Gasteiger partial charge in [0, 0.05) is 6.54 Å². The van der Waals surface area contributed by atoms with Crippen molar-refractivity contribution in [2.24, 2.45) is 5.73 Å². The first kappa shape index (κ1) is 6.87. The molecule has 0 saturated carbocycles. The average molecular weight is 126 g/mol. The van der Waals surface area contributed by atoms with Crippen LogP contribution >= 0.6 is 0 Å². The molecule has 0 aromatic carbocycles. The average Bonchev–Trinajstić information content (AvgIpc) is 1.30. The summed E-state index contributed by atoms with van der Waals surface area (Å²) in [6.45, 7) is -0.0289. The molecule has 0 amide bonds. The van der Waals surface area contributed by atoms with Gasteiger partial charge in [0.1, 0.15) is 0 Å². The highest BCUT2D eigenvalue weighted by Crippen LogP contribution is 1.74. The van der Waals surface area contributed by atoms with Crippen LogP contribution in [0.3, 0.4) is 0 Å². The molecule has 0 heterocycles. The topological polar surface area (TPSA) is 80.4 Å². The van der Waals surface area contributed by atoms with Crippen molar-refractivity contribution in [2.75, 3.05) is 12.3 Å². The third-order valence-corrected chi connectivity index (χ3v) is 1.13. The van der Waals surface area contributed by atoms with Crippen LogP contribution < -0.4 is 5.73 Å². The number of nitrogens with two attached hydrogens (primary N) is 1. The Morgan fingerprint density at radius 1 is 1.57 bits per heavy atom. The Bertz CT molecular complexity index is 126. The molecule has 0 radical (unpaired) electrons. The van der Waals surface area contributed by atoms with Crippen LogP contribution in [0.25, 0.3) is 0 Å². The monoisotopic (exact) mass is 126 g/mol. The normalized spacial score (nSPS) is 11.7. The zero-order valence-corrected chi connectivity index (χ0v) is 4.48. The van der Waals surface area contributed by atoms with Crippen LogP contribution in [-0.4, -0.2) is 25.3 Å². The molecule has 0 aromatic rings. The fraction of sp³-hybridized carbons (Fsp3) is 1.00. The van der Waals surface area contributed by atoms with Crippen LogP contribution in [0.1, 0.15) is 0 Å². The van der Waals surface area contributed by atoms with E-state index in [1.165, 1.54) is 0 Å². The van der Waals surface area contributed by atoms with Crippen LogP contribution in [0.2, 0.25) is 0 Å². The molecular weight excluding hydrogens is 119 g/mol. The van der Waals surface area contributed by atoms with E-state index in [4.69, 9.17) is 10.3 Å². The van der Waals surface area contributed by atoms with E-state index in [-0.39, 0.29) is 12.3 Å². The molecule has 4 nitrogen and oxygen atoms in total. The highest BCUT2D eigenvalue weighted by Gasteiger charge is 1.98. The molecule has 0 unspecified atom stereocenters. The largest absolute Gasteiger partial charge is 0.329 e. The maximum absolute atomic E-state index is 9.71. The summed E-state index contributed by atoms with van der Waals surface area (Å²) in [6.07, 6.45) is 0. The van der Waals surface area contributed by atoms with Gasteiger partial charge in [-0.25, -0.2) is 0 Å². The molecule has 0 aromatic heterocycles. The maximum atomic E-state index is 9.71. The summed E-state index contributed by atoms with van der Waals surface area (Å²) in [5.74, 6) is -0.354. The fourth-order valence-corrected chi connectivity index (χ4v) is 0.447. The molecule has 0 aliphatic carbocycles. The first-order chi connectivity index (χ1) is 3.06. The predicted octanol–water partition coefficient (Wildman–Crippen LogP) is -1.17. The third kappa shape index (κ3) is 5.87. The second kappa shape index (κ2) is 2.25. The van der Waals surface area contributed by atoms with Gasteiger partial charge in [-0.1, -0.05) is 0 Å². The van der Waals surface area contributed by atoms with Crippen LogP contribution in [0.4, 0.5) is 0 Å². The molecular formula is C2H7NO3S. The van der Waals surface area contributed by atoms with Gasteiger partial charge >= 0.3 is 0 Å². The fourth-order valence-electron chi connectivity index (χ4n) is 0.149. The van der Waals surface area contributed by atoms with Gasteiger partial charge in [0.2, 0.25) is 0 Å². The SMILES string of the molecule is N[13CH2]CS(=O)(=O)O. The first-order valence-corrected chi connectivity index (χ1v) is 3.32. The van der Waals surface area contributed by atoms with Gasteiger partial charge in [0.25, 0.3) is 10.1 Å². The minimum Gasteiger partial charge on any atom is -0.329 e. The van der Waals surface area contributed by atoms with E-state index in [1.807, 2.05) is 0 Å². The summed E-state index contributed by atoms with van der Waals surface area (Å²) in [5, 5.41) is 0. The Labute approximate surface area is 42.1 Å². The lowest BCUT2D eigenvalue weighted by atomic mass is 11.2. The highest BCUT2D eigenvalue weighted by molar-refractivity contribution is 7.85. The molecule has 0 atom stereocenters. The minimum atomic E-state index is -3.80. The van der Waals surface area contributed by atoms with Crippen molar-refractivity contribution in [3.8, 4) is 0 Å². The van der Waals surface area contributed by atoms with E-state index in [1.54, 1.807) is 0 Å². The van der Waals surface area contributed by atoms with E-state index in [0.29, 0.717) is 0 Å². The smallest absolute Gasteiger partial charge is 0.266 e. The predicted molar refractivity (Wildman–Crippen MR) is 25.5 cm³/mol. The molecule has 0 aliphatic rings. The third-order valence-electron chi connectivity index (χ3n) is 0.376. The van der Waals surface area contributed by atoms with Crippen molar-refractivity contribution in [1.82, 2.24) is 0 Å². The molecule has 3 N–H and O–H groups in total. The summed E-state index contributed by atoms with van der Waals surface area (Å²) in [4.78, 5) is 0. The standard InChI is InChI=1S/C2H7NO3S/c3-1-2-7(4,5)6/h1-3H2,(H,4,5,6)/i1+1. The zero-order valence-electron chi connectivity index (χ0n) is 3.66. The van der Waals surface area contributed by atoms with Crippen LogP contribution in [0.15, 0.2) is 0 Å². The molecule has 0 aliphatic heterocycles. The Balaban J connectivity index is 3.60. The molecule has 0 rings (SSSR count). The van der Waals surface area contributed by atoms with E-state index in [9.17, 15) is 8.42 Å². The number of hydrogen-bond acceptors (Lipinski definition) is 3. The Morgan fingerprint density at radius 2 is 2.00 bits per heavy atom. The Kier molecular flexibility index (Phi) is 2.21. The summed E-state index contributed by atoms with van der Waals surface area (Å²) in [7, 11) is -3.80. The second-order valence-corrected chi connectivity index (χ2v) is 2.65. The van der Waals surface area contributed by atoms with Gasteiger partial charge in [0.15, 0.2) is 0 Å². The Morgan fingerprint density at radius 3 is 2.00 bits per heavy atom. The van der Waals surface area contributed by atoms with Crippen LogP contribution in [0, 0.1) is 0 Å². The molecule has 44 valence electrons. The summed E-state index contributed by atoms with van der Waals surface area (Å²) in [5.41, 5.74) is 4.78. The minimum absolute atomic E-state index is 0.0289. The van der Waals surface area contributed by atoms with E-state index >= 15 is 0 Å². The first-order valence-electron chi connectivity index (χ1n) is 1.71. The van der Waals surface area contributed by atoms with Gasteiger partial charge in [-0.05, 0) is 0 Å². The van der Waals surface area contributed by atoms with E-state index in [2.05, 4.69) is 0 Å². The van der Waals surface area contributed by atoms with Gasteiger partial charge < -0.3 is 5.73 Å². The van der Waals surface area contributed by atoms with Crippen LogP contribution in [-0.2, 0) is 10.1 Å². The van der Waals surface area contributed by atoms with Crippen molar-refractivity contribution in [3.05, 3.63) is 0 Å². The highest BCUT2D eigenvalue weighted by atomic mass is 32.2. The lowest BCUT2D eigenvalue weighted by Gasteiger charge is -1.86. The molecule has 0 spiro atoms. The second-order valence-electron chi connectivity index (χ2n) is 1.07. The molecule has 7 heavy (non-hydrogen) atoms. The quantitative estimate of drug-likeness (QED) is 0.361.